The number of carbonyl (C=O) groups excluding carboxylic acids is 1. The van der Waals surface area contributed by atoms with Gasteiger partial charge in [-0.05, 0) is 23.6 Å². The molecule has 1 aromatic carbocycles. The van der Waals surface area contributed by atoms with Gasteiger partial charge >= 0.3 is 0 Å². The van der Waals surface area contributed by atoms with Crippen LogP contribution in [0, 0.1) is 0 Å². The Hall–Kier alpha value is -2.34. The van der Waals surface area contributed by atoms with Crippen molar-refractivity contribution in [2.24, 2.45) is 5.10 Å². The molecule has 0 saturated heterocycles. The standard InChI is InChI=1S/C14H12N2O3S/c17-14(16-15-8-10-4-3-7-20-10)13-9-18-11-5-1-2-6-12(11)19-13/h1-8,13H,9H2,(H,16,17)/b15-8-/t13-/m0/s1. The Morgan fingerprint density at radius 1 is 1.30 bits per heavy atom. The lowest BCUT2D eigenvalue weighted by Crippen LogP contribution is -2.42. The summed E-state index contributed by atoms with van der Waals surface area (Å²) in [5.41, 5.74) is 2.45. The van der Waals surface area contributed by atoms with Crippen molar-refractivity contribution < 1.29 is 14.3 Å². The van der Waals surface area contributed by atoms with Crippen molar-refractivity contribution in [2.75, 3.05) is 6.61 Å². The number of amides is 1. The zero-order valence-electron chi connectivity index (χ0n) is 10.5. The summed E-state index contributed by atoms with van der Waals surface area (Å²) in [6.07, 6.45) is 0.908. The zero-order chi connectivity index (χ0) is 13.8. The molecular formula is C14H12N2O3S. The first-order valence-electron chi connectivity index (χ1n) is 6.08. The molecule has 0 bridgehead atoms. The van der Waals surface area contributed by atoms with Crippen LogP contribution in [-0.2, 0) is 4.79 Å². The summed E-state index contributed by atoms with van der Waals surface area (Å²) < 4.78 is 11.0. The van der Waals surface area contributed by atoms with Crippen LogP contribution < -0.4 is 14.9 Å². The summed E-state index contributed by atoms with van der Waals surface area (Å²) >= 11 is 1.54. The van der Waals surface area contributed by atoms with Gasteiger partial charge in [-0.25, -0.2) is 5.43 Å². The highest BCUT2D eigenvalue weighted by Gasteiger charge is 2.26. The number of nitrogens with one attached hydrogen (secondary N) is 1. The first-order chi connectivity index (χ1) is 9.83. The number of fused-ring (bicyclic) bond motifs is 1. The zero-order valence-corrected chi connectivity index (χ0v) is 11.3. The number of carbonyl (C=O) groups is 1. The molecule has 1 amide bonds. The van der Waals surface area contributed by atoms with E-state index in [1.807, 2.05) is 29.6 Å². The van der Waals surface area contributed by atoms with Crippen LogP contribution in [0.15, 0.2) is 46.9 Å². The molecule has 1 aliphatic heterocycles. The van der Waals surface area contributed by atoms with Crippen LogP contribution in [0.3, 0.4) is 0 Å². The summed E-state index contributed by atoms with van der Waals surface area (Å²) in [6.45, 7) is 0.178. The number of rotatable bonds is 3. The minimum Gasteiger partial charge on any atom is -0.485 e. The van der Waals surface area contributed by atoms with Crippen LogP contribution in [0.5, 0.6) is 11.5 Å². The van der Waals surface area contributed by atoms with Gasteiger partial charge in [-0.15, -0.1) is 11.3 Å². The van der Waals surface area contributed by atoms with Gasteiger partial charge in [-0.1, -0.05) is 18.2 Å². The first-order valence-corrected chi connectivity index (χ1v) is 6.96. The van der Waals surface area contributed by atoms with E-state index in [0.29, 0.717) is 11.5 Å². The Balaban J connectivity index is 1.59. The fourth-order valence-electron chi connectivity index (χ4n) is 1.74. The predicted molar refractivity (Wildman–Crippen MR) is 76.4 cm³/mol. The van der Waals surface area contributed by atoms with Crippen molar-refractivity contribution in [1.29, 1.82) is 0 Å². The fourth-order valence-corrected chi connectivity index (χ4v) is 2.33. The summed E-state index contributed by atoms with van der Waals surface area (Å²) in [4.78, 5) is 12.9. The van der Waals surface area contributed by atoms with E-state index in [1.54, 1.807) is 29.7 Å². The maximum Gasteiger partial charge on any atom is 0.284 e. The number of thiophene rings is 1. The molecule has 6 heteroatoms. The molecule has 2 heterocycles. The Morgan fingerprint density at radius 3 is 2.95 bits per heavy atom. The molecule has 20 heavy (non-hydrogen) atoms. The largest absolute Gasteiger partial charge is 0.485 e. The molecule has 0 spiro atoms. The number of ether oxygens (including phenoxy) is 2. The molecular weight excluding hydrogens is 276 g/mol. The highest BCUT2D eigenvalue weighted by atomic mass is 32.1. The van der Waals surface area contributed by atoms with Crippen molar-refractivity contribution in [3.63, 3.8) is 0 Å². The summed E-state index contributed by atoms with van der Waals surface area (Å²) in [6, 6.07) is 11.1. The molecule has 0 radical (unpaired) electrons. The fraction of sp³-hybridized carbons (Fsp3) is 0.143. The number of hydrogen-bond donors (Lipinski definition) is 1. The molecule has 2 aromatic rings. The van der Waals surface area contributed by atoms with E-state index < -0.39 is 6.10 Å². The highest BCUT2D eigenvalue weighted by molar-refractivity contribution is 7.11. The van der Waals surface area contributed by atoms with Crippen LogP contribution in [0.1, 0.15) is 4.88 Å². The lowest BCUT2D eigenvalue weighted by atomic mass is 10.2. The van der Waals surface area contributed by atoms with Gasteiger partial charge in [0.2, 0.25) is 6.10 Å². The minimum atomic E-state index is -0.689. The van der Waals surface area contributed by atoms with E-state index in [4.69, 9.17) is 9.47 Å². The third kappa shape index (κ3) is 2.80. The average molecular weight is 288 g/mol. The third-order valence-electron chi connectivity index (χ3n) is 2.71. The molecule has 0 unspecified atom stereocenters. The second kappa shape index (κ2) is 5.75. The molecule has 0 saturated carbocycles. The van der Waals surface area contributed by atoms with Gasteiger partial charge in [0.15, 0.2) is 11.5 Å². The van der Waals surface area contributed by atoms with Crippen molar-refractivity contribution in [3.05, 3.63) is 46.7 Å². The van der Waals surface area contributed by atoms with E-state index in [-0.39, 0.29) is 12.5 Å². The topological polar surface area (TPSA) is 59.9 Å². The monoisotopic (exact) mass is 288 g/mol. The average Bonchev–Trinajstić information content (AvgIpc) is 3.00. The first kappa shape index (κ1) is 12.7. The lowest BCUT2D eigenvalue weighted by Gasteiger charge is -2.24. The number of para-hydroxylation sites is 2. The van der Waals surface area contributed by atoms with E-state index >= 15 is 0 Å². The highest BCUT2D eigenvalue weighted by Crippen LogP contribution is 2.30. The third-order valence-corrected chi connectivity index (χ3v) is 3.52. The minimum absolute atomic E-state index is 0.178. The number of benzene rings is 1. The van der Waals surface area contributed by atoms with Gasteiger partial charge in [0.1, 0.15) is 6.61 Å². The van der Waals surface area contributed by atoms with Crippen LogP contribution in [0.2, 0.25) is 0 Å². The maximum atomic E-state index is 11.9. The molecule has 3 rings (SSSR count). The SMILES string of the molecule is O=C(N/N=C\c1cccs1)[C@@H]1COc2ccccc2O1. The van der Waals surface area contributed by atoms with Gasteiger partial charge in [-0.2, -0.15) is 5.10 Å². The molecule has 0 fully saturated rings. The molecule has 5 nitrogen and oxygen atoms in total. The van der Waals surface area contributed by atoms with Crippen LogP contribution in [0.25, 0.3) is 0 Å². The molecule has 0 aliphatic carbocycles. The number of hydrazone groups is 1. The van der Waals surface area contributed by atoms with Crippen molar-refractivity contribution >= 4 is 23.5 Å². The Labute approximate surface area is 119 Å². The van der Waals surface area contributed by atoms with Gasteiger partial charge < -0.3 is 9.47 Å². The maximum absolute atomic E-state index is 11.9. The molecule has 1 N–H and O–H groups in total. The quantitative estimate of drug-likeness (QED) is 0.694. The predicted octanol–water partition coefficient (Wildman–Crippen LogP) is 2.04. The van der Waals surface area contributed by atoms with Crippen LogP contribution >= 0.6 is 11.3 Å². The van der Waals surface area contributed by atoms with Crippen molar-refractivity contribution in [2.45, 2.75) is 6.10 Å². The second-order valence-corrected chi connectivity index (χ2v) is 5.09. The van der Waals surface area contributed by atoms with Crippen molar-refractivity contribution in [1.82, 2.24) is 5.43 Å². The van der Waals surface area contributed by atoms with E-state index in [9.17, 15) is 4.79 Å². The molecule has 1 aliphatic rings. The summed E-state index contributed by atoms with van der Waals surface area (Å²) in [5.74, 6) is 0.895. The van der Waals surface area contributed by atoms with Crippen molar-refractivity contribution in [3.8, 4) is 11.5 Å². The number of nitrogens with zero attached hydrogens (tertiary/aromatic N) is 1. The molecule has 1 atom stereocenters. The van der Waals surface area contributed by atoms with Gasteiger partial charge in [-0.3, -0.25) is 4.79 Å². The Morgan fingerprint density at radius 2 is 2.15 bits per heavy atom. The Bertz CT molecular complexity index is 625. The molecule has 102 valence electrons. The number of hydrogen-bond acceptors (Lipinski definition) is 5. The van der Waals surface area contributed by atoms with Crippen LogP contribution in [0.4, 0.5) is 0 Å². The van der Waals surface area contributed by atoms with Gasteiger partial charge in [0, 0.05) is 4.88 Å². The van der Waals surface area contributed by atoms with Gasteiger partial charge in [0.25, 0.3) is 5.91 Å². The van der Waals surface area contributed by atoms with E-state index in [0.717, 1.165) is 4.88 Å². The Kier molecular flexibility index (Phi) is 3.64. The second-order valence-electron chi connectivity index (χ2n) is 4.11. The lowest BCUT2D eigenvalue weighted by molar-refractivity contribution is -0.130. The van der Waals surface area contributed by atoms with E-state index in [1.165, 1.54) is 0 Å². The summed E-state index contributed by atoms with van der Waals surface area (Å²) in [7, 11) is 0. The summed E-state index contributed by atoms with van der Waals surface area (Å²) in [5, 5.41) is 5.84. The smallest absolute Gasteiger partial charge is 0.284 e. The van der Waals surface area contributed by atoms with Crippen LogP contribution in [-0.4, -0.2) is 24.8 Å². The normalized spacial score (nSPS) is 17.1. The molecule has 1 aromatic heterocycles. The van der Waals surface area contributed by atoms with E-state index in [2.05, 4.69) is 10.5 Å². The van der Waals surface area contributed by atoms with Gasteiger partial charge in [0.05, 0.1) is 6.21 Å².